The Morgan fingerprint density at radius 1 is 1.36 bits per heavy atom. The Morgan fingerprint density at radius 2 is 2.23 bits per heavy atom. The molecule has 3 rings (SSSR count). The zero-order valence-corrected chi connectivity index (χ0v) is 13.7. The lowest BCUT2D eigenvalue weighted by Crippen LogP contribution is -2.37. The van der Waals surface area contributed by atoms with Gasteiger partial charge in [-0.05, 0) is 18.8 Å². The molecule has 118 valence electrons. The fraction of sp³-hybridized carbons (Fsp3) is 0.533. The average molecular weight is 321 g/mol. The summed E-state index contributed by atoms with van der Waals surface area (Å²) in [5.74, 6) is 2.61. The van der Waals surface area contributed by atoms with Gasteiger partial charge in [-0.3, -0.25) is 0 Å². The third kappa shape index (κ3) is 3.02. The quantitative estimate of drug-likeness (QED) is 0.876. The molecule has 0 aliphatic carbocycles. The Kier molecular flexibility index (Phi) is 4.47. The van der Waals surface area contributed by atoms with Crippen molar-refractivity contribution in [3.8, 4) is 0 Å². The summed E-state index contributed by atoms with van der Waals surface area (Å²) < 4.78 is 2.10. The van der Waals surface area contributed by atoms with Gasteiger partial charge in [-0.15, -0.1) is 0 Å². The van der Waals surface area contributed by atoms with E-state index in [1.807, 2.05) is 26.5 Å². The molecule has 6 nitrogen and oxygen atoms in total. The van der Waals surface area contributed by atoms with Crippen molar-refractivity contribution in [2.24, 2.45) is 13.0 Å². The third-order valence-corrected chi connectivity index (χ3v) is 4.53. The maximum Gasteiger partial charge on any atom is 0.157 e. The Hall–Kier alpha value is -1.82. The van der Waals surface area contributed by atoms with Gasteiger partial charge in [0.2, 0.25) is 0 Å². The van der Waals surface area contributed by atoms with E-state index < -0.39 is 0 Å². The van der Waals surface area contributed by atoms with Crippen LogP contribution in [0.5, 0.6) is 0 Å². The molecule has 0 saturated carbocycles. The number of imidazole rings is 1. The molecule has 1 aliphatic heterocycles. The molecule has 0 amide bonds. The minimum atomic E-state index is 0.471. The second-order valence-corrected chi connectivity index (χ2v) is 6.08. The van der Waals surface area contributed by atoms with E-state index in [1.165, 1.54) is 12.7 Å². The van der Waals surface area contributed by atoms with Crippen molar-refractivity contribution < 1.29 is 0 Å². The van der Waals surface area contributed by atoms with Crippen molar-refractivity contribution in [2.45, 2.75) is 19.3 Å². The lowest BCUT2D eigenvalue weighted by Gasteiger charge is -2.34. The van der Waals surface area contributed by atoms with Crippen LogP contribution in [0.1, 0.15) is 18.7 Å². The van der Waals surface area contributed by atoms with Crippen LogP contribution in [0.15, 0.2) is 18.7 Å². The van der Waals surface area contributed by atoms with Crippen LogP contribution in [0.3, 0.4) is 0 Å². The SMILES string of the molecule is CNc1c(Cl)ncnc1N1CCCC(Cc2nccn2C)C1. The van der Waals surface area contributed by atoms with Gasteiger partial charge in [0, 0.05) is 46.0 Å². The van der Waals surface area contributed by atoms with Gasteiger partial charge in [-0.2, -0.15) is 0 Å². The zero-order chi connectivity index (χ0) is 15.5. The summed E-state index contributed by atoms with van der Waals surface area (Å²) in [7, 11) is 3.90. The number of aryl methyl sites for hydroxylation is 1. The number of nitrogens with zero attached hydrogens (tertiary/aromatic N) is 5. The van der Waals surface area contributed by atoms with Crippen molar-refractivity contribution in [2.75, 3.05) is 30.4 Å². The first-order valence-electron chi connectivity index (χ1n) is 7.58. The van der Waals surface area contributed by atoms with Gasteiger partial charge in [0.05, 0.1) is 0 Å². The first kappa shape index (κ1) is 15.1. The summed E-state index contributed by atoms with van der Waals surface area (Å²) in [4.78, 5) is 15.2. The Balaban J connectivity index is 1.76. The van der Waals surface area contributed by atoms with Crippen molar-refractivity contribution >= 4 is 23.1 Å². The molecule has 0 aromatic carbocycles. The Labute approximate surface area is 135 Å². The average Bonchev–Trinajstić information content (AvgIpc) is 2.92. The topological polar surface area (TPSA) is 58.9 Å². The summed E-state index contributed by atoms with van der Waals surface area (Å²) in [5, 5.41) is 3.59. The molecule has 1 saturated heterocycles. The number of hydrogen-bond donors (Lipinski definition) is 1. The van der Waals surface area contributed by atoms with E-state index in [4.69, 9.17) is 11.6 Å². The number of hydrogen-bond acceptors (Lipinski definition) is 5. The Morgan fingerprint density at radius 3 is 2.95 bits per heavy atom. The smallest absolute Gasteiger partial charge is 0.157 e. The monoisotopic (exact) mass is 320 g/mol. The van der Waals surface area contributed by atoms with Crippen molar-refractivity contribution in [1.29, 1.82) is 0 Å². The molecule has 1 fully saturated rings. The van der Waals surface area contributed by atoms with Gasteiger partial charge >= 0.3 is 0 Å². The van der Waals surface area contributed by atoms with E-state index in [0.29, 0.717) is 11.1 Å². The van der Waals surface area contributed by atoms with E-state index in [1.54, 1.807) is 0 Å². The molecule has 1 unspecified atom stereocenters. The molecule has 7 heteroatoms. The first-order chi connectivity index (χ1) is 10.7. The van der Waals surface area contributed by atoms with Gasteiger partial charge in [-0.25, -0.2) is 15.0 Å². The fourth-order valence-electron chi connectivity index (χ4n) is 3.09. The largest absolute Gasteiger partial charge is 0.383 e. The van der Waals surface area contributed by atoms with Crippen LogP contribution in [0.25, 0.3) is 0 Å². The second kappa shape index (κ2) is 6.52. The minimum absolute atomic E-state index is 0.471. The van der Waals surface area contributed by atoms with E-state index in [9.17, 15) is 0 Å². The van der Waals surface area contributed by atoms with Crippen LogP contribution in [0.4, 0.5) is 11.5 Å². The second-order valence-electron chi connectivity index (χ2n) is 5.73. The molecular weight excluding hydrogens is 300 g/mol. The fourth-order valence-corrected chi connectivity index (χ4v) is 3.31. The van der Waals surface area contributed by atoms with Crippen molar-refractivity contribution in [3.63, 3.8) is 0 Å². The van der Waals surface area contributed by atoms with Gasteiger partial charge in [0.15, 0.2) is 11.0 Å². The first-order valence-corrected chi connectivity index (χ1v) is 7.96. The Bertz CT molecular complexity index is 641. The molecular formula is C15H21ClN6. The third-order valence-electron chi connectivity index (χ3n) is 4.24. The number of piperidine rings is 1. The van der Waals surface area contributed by atoms with Gasteiger partial charge < -0.3 is 14.8 Å². The molecule has 0 spiro atoms. The van der Waals surface area contributed by atoms with Crippen LogP contribution >= 0.6 is 11.6 Å². The molecule has 1 N–H and O–H groups in total. The number of nitrogens with one attached hydrogen (secondary N) is 1. The summed E-state index contributed by atoms with van der Waals surface area (Å²) in [5.41, 5.74) is 0.807. The summed E-state index contributed by atoms with van der Waals surface area (Å²) in [6, 6.07) is 0. The number of aromatic nitrogens is 4. The number of halogens is 1. The summed E-state index contributed by atoms with van der Waals surface area (Å²) in [6.45, 7) is 1.97. The number of rotatable bonds is 4. The highest BCUT2D eigenvalue weighted by molar-refractivity contribution is 6.32. The van der Waals surface area contributed by atoms with Crippen molar-refractivity contribution in [1.82, 2.24) is 19.5 Å². The van der Waals surface area contributed by atoms with Crippen LogP contribution in [0.2, 0.25) is 5.15 Å². The highest BCUT2D eigenvalue weighted by atomic mass is 35.5. The summed E-state index contributed by atoms with van der Waals surface area (Å²) >= 11 is 6.17. The van der Waals surface area contributed by atoms with E-state index in [0.717, 1.165) is 43.3 Å². The highest BCUT2D eigenvalue weighted by Gasteiger charge is 2.24. The van der Waals surface area contributed by atoms with Gasteiger partial charge in [-0.1, -0.05) is 11.6 Å². The predicted molar refractivity (Wildman–Crippen MR) is 88.4 cm³/mol. The summed E-state index contributed by atoms with van der Waals surface area (Å²) in [6.07, 6.45) is 8.75. The van der Waals surface area contributed by atoms with Crippen LogP contribution in [-0.4, -0.2) is 39.7 Å². The molecule has 2 aromatic rings. The maximum absolute atomic E-state index is 6.17. The molecule has 0 bridgehead atoms. The molecule has 22 heavy (non-hydrogen) atoms. The van der Waals surface area contributed by atoms with E-state index in [-0.39, 0.29) is 0 Å². The van der Waals surface area contributed by atoms with Crippen molar-refractivity contribution in [3.05, 3.63) is 29.7 Å². The lowest BCUT2D eigenvalue weighted by atomic mass is 9.94. The van der Waals surface area contributed by atoms with Gasteiger partial charge in [0.25, 0.3) is 0 Å². The minimum Gasteiger partial charge on any atom is -0.383 e. The van der Waals surface area contributed by atoms with Crippen LogP contribution < -0.4 is 10.2 Å². The highest BCUT2D eigenvalue weighted by Crippen LogP contribution is 2.32. The number of anilines is 2. The molecule has 0 radical (unpaired) electrons. The van der Waals surface area contributed by atoms with Gasteiger partial charge in [0.1, 0.15) is 17.8 Å². The van der Waals surface area contributed by atoms with Crippen LogP contribution in [-0.2, 0) is 13.5 Å². The van der Waals surface area contributed by atoms with E-state index in [2.05, 4.69) is 29.7 Å². The molecule has 3 heterocycles. The maximum atomic E-state index is 6.17. The van der Waals surface area contributed by atoms with E-state index >= 15 is 0 Å². The normalized spacial score (nSPS) is 18.5. The molecule has 2 aromatic heterocycles. The molecule has 1 atom stereocenters. The van der Waals surface area contributed by atoms with Crippen LogP contribution in [0, 0.1) is 5.92 Å². The standard InChI is InChI=1S/C15H21ClN6/c1-17-13-14(16)19-10-20-15(13)22-6-3-4-11(9-22)8-12-18-5-7-21(12)2/h5,7,10-11,17H,3-4,6,8-9H2,1-2H3. The molecule has 1 aliphatic rings. The predicted octanol–water partition coefficient (Wildman–Crippen LogP) is 2.36. The zero-order valence-electron chi connectivity index (χ0n) is 13.0. The lowest BCUT2D eigenvalue weighted by molar-refractivity contribution is 0.401.